The Kier molecular flexibility index (Phi) is 5.80. The van der Waals surface area contributed by atoms with Crippen molar-refractivity contribution >= 4 is 0 Å². The summed E-state index contributed by atoms with van der Waals surface area (Å²) in [6, 6.07) is 6.81. The summed E-state index contributed by atoms with van der Waals surface area (Å²) in [5, 5.41) is 3.38. The molecule has 0 bridgehead atoms. The molecule has 1 aromatic rings. The molecule has 1 fully saturated rings. The van der Waals surface area contributed by atoms with Crippen molar-refractivity contribution in [2.75, 3.05) is 26.3 Å². The predicted molar refractivity (Wildman–Crippen MR) is 75.7 cm³/mol. The Balaban J connectivity index is 1.78. The lowest BCUT2D eigenvalue weighted by atomic mass is 10.00. The second-order valence-electron chi connectivity index (χ2n) is 5.49. The molecule has 106 valence electrons. The van der Waals surface area contributed by atoms with Crippen LogP contribution in [0, 0.1) is 17.7 Å². The summed E-state index contributed by atoms with van der Waals surface area (Å²) in [4.78, 5) is 0. The molecule has 0 aromatic heterocycles. The number of hydrogen-bond donors (Lipinski definition) is 1. The van der Waals surface area contributed by atoms with Crippen LogP contribution in [0.1, 0.15) is 25.3 Å². The fraction of sp³-hybridized carbons (Fsp3) is 0.625. The van der Waals surface area contributed by atoms with Crippen molar-refractivity contribution < 1.29 is 9.13 Å². The van der Waals surface area contributed by atoms with Gasteiger partial charge in [-0.25, -0.2) is 4.39 Å². The topological polar surface area (TPSA) is 21.3 Å². The van der Waals surface area contributed by atoms with Crippen LogP contribution in [0.25, 0.3) is 0 Å². The van der Waals surface area contributed by atoms with Crippen LogP contribution in [0.4, 0.5) is 4.39 Å². The third-order valence-corrected chi connectivity index (χ3v) is 3.52. The standard InChI is InChI=1S/C16H24FNO/c1-2-18-10-15(12-19-11-14-3-4-14)9-13-5-7-16(17)8-6-13/h5-8,14-15,18H,2-4,9-12H2,1H3. The Labute approximate surface area is 115 Å². The first-order chi connectivity index (χ1) is 9.28. The SMILES string of the molecule is CCNCC(COCC1CC1)Cc1ccc(F)cc1. The zero-order chi connectivity index (χ0) is 13.5. The molecular formula is C16H24FNO. The van der Waals surface area contributed by atoms with Crippen molar-refractivity contribution in [1.29, 1.82) is 0 Å². The number of benzene rings is 1. The highest BCUT2D eigenvalue weighted by Gasteiger charge is 2.21. The van der Waals surface area contributed by atoms with Crippen molar-refractivity contribution in [2.45, 2.75) is 26.2 Å². The van der Waals surface area contributed by atoms with E-state index in [1.807, 2.05) is 12.1 Å². The molecule has 0 saturated heterocycles. The summed E-state index contributed by atoms with van der Waals surface area (Å²) in [5.74, 6) is 1.10. The maximum absolute atomic E-state index is 12.9. The summed E-state index contributed by atoms with van der Waals surface area (Å²) in [7, 11) is 0. The van der Waals surface area contributed by atoms with E-state index in [-0.39, 0.29) is 5.82 Å². The van der Waals surface area contributed by atoms with E-state index in [2.05, 4.69) is 12.2 Å². The Morgan fingerprint density at radius 1 is 1.32 bits per heavy atom. The molecular weight excluding hydrogens is 241 g/mol. The van der Waals surface area contributed by atoms with Crippen LogP contribution >= 0.6 is 0 Å². The second-order valence-corrected chi connectivity index (χ2v) is 5.49. The monoisotopic (exact) mass is 265 g/mol. The summed E-state index contributed by atoms with van der Waals surface area (Å²) in [6.45, 7) is 5.74. The van der Waals surface area contributed by atoms with Gasteiger partial charge in [0.2, 0.25) is 0 Å². The molecule has 0 spiro atoms. The van der Waals surface area contributed by atoms with Crippen LogP contribution in [0.2, 0.25) is 0 Å². The first kappa shape index (κ1) is 14.5. The van der Waals surface area contributed by atoms with Crippen molar-refractivity contribution in [3.05, 3.63) is 35.6 Å². The van der Waals surface area contributed by atoms with Crippen molar-refractivity contribution in [3.8, 4) is 0 Å². The van der Waals surface area contributed by atoms with Gasteiger partial charge in [-0.15, -0.1) is 0 Å². The van der Waals surface area contributed by atoms with Crippen LogP contribution in [-0.2, 0) is 11.2 Å². The lowest BCUT2D eigenvalue weighted by Gasteiger charge is -2.17. The van der Waals surface area contributed by atoms with Gasteiger partial charge in [-0.1, -0.05) is 19.1 Å². The summed E-state index contributed by atoms with van der Waals surface area (Å²) < 4.78 is 18.7. The van der Waals surface area contributed by atoms with E-state index in [4.69, 9.17) is 4.74 Å². The van der Waals surface area contributed by atoms with Gasteiger partial charge in [0.25, 0.3) is 0 Å². The molecule has 1 N–H and O–H groups in total. The molecule has 2 rings (SSSR count). The number of halogens is 1. The number of hydrogen-bond acceptors (Lipinski definition) is 2. The van der Waals surface area contributed by atoms with Gasteiger partial charge in [-0.3, -0.25) is 0 Å². The summed E-state index contributed by atoms with van der Waals surface area (Å²) >= 11 is 0. The fourth-order valence-corrected chi connectivity index (χ4v) is 2.18. The number of rotatable bonds is 9. The summed E-state index contributed by atoms with van der Waals surface area (Å²) in [5.41, 5.74) is 1.18. The molecule has 0 heterocycles. The maximum Gasteiger partial charge on any atom is 0.123 e. The molecule has 1 aliphatic carbocycles. The van der Waals surface area contributed by atoms with Gasteiger partial charge in [-0.2, -0.15) is 0 Å². The minimum atomic E-state index is -0.169. The Morgan fingerprint density at radius 3 is 2.68 bits per heavy atom. The molecule has 19 heavy (non-hydrogen) atoms. The first-order valence-electron chi connectivity index (χ1n) is 7.30. The third-order valence-electron chi connectivity index (χ3n) is 3.52. The van der Waals surface area contributed by atoms with E-state index in [9.17, 15) is 4.39 Å². The van der Waals surface area contributed by atoms with Crippen molar-refractivity contribution in [3.63, 3.8) is 0 Å². The second kappa shape index (κ2) is 7.61. The molecule has 3 heteroatoms. The Bertz CT molecular complexity index is 362. The number of ether oxygens (including phenoxy) is 1. The maximum atomic E-state index is 12.9. The predicted octanol–water partition coefficient (Wildman–Crippen LogP) is 3.02. The van der Waals surface area contributed by atoms with Crippen LogP contribution in [-0.4, -0.2) is 26.3 Å². The van der Waals surface area contributed by atoms with Gasteiger partial charge < -0.3 is 10.1 Å². The molecule has 0 aliphatic heterocycles. The van der Waals surface area contributed by atoms with E-state index < -0.39 is 0 Å². The highest BCUT2D eigenvalue weighted by atomic mass is 19.1. The molecule has 0 radical (unpaired) electrons. The summed E-state index contributed by atoms with van der Waals surface area (Å²) in [6.07, 6.45) is 3.60. The Morgan fingerprint density at radius 2 is 2.05 bits per heavy atom. The van der Waals surface area contributed by atoms with E-state index in [1.54, 1.807) is 0 Å². The van der Waals surface area contributed by atoms with Gasteiger partial charge in [0.05, 0.1) is 6.61 Å². The highest BCUT2D eigenvalue weighted by Crippen LogP contribution is 2.29. The van der Waals surface area contributed by atoms with Gasteiger partial charge in [0.1, 0.15) is 5.82 Å². The molecule has 1 atom stereocenters. The molecule has 2 nitrogen and oxygen atoms in total. The van der Waals surface area contributed by atoms with Crippen LogP contribution in [0.3, 0.4) is 0 Å². The van der Waals surface area contributed by atoms with E-state index in [1.165, 1.54) is 30.5 Å². The zero-order valence-corrected chi connectivity index (χ0v) is 11.7. The lowest BCUT2D eigenvalue weighted by molar-refractivity contribution is 0.0909. The average molecular weight is 265 g/mol. The molecule has 0 amide bonds. The van der Waals surface area contributed by atoms with Gasteiger partial charge >= 0.3 is 0 Å². The fourth-order valence-electron chi connectivity index (χ4n) is 2.18. The van der Waals surface area contributed by atoms with Crippen molar-refractivity contribution in [2.24, 2.45) is 11.8 Å². The van der Waals surface area contributed by atoms with Gasteiger partial charge in [0, 0.05) is 13.2 Å². The molecule has 1 saturated carbocycles. The highest BCUT2D eigenvalue weighted by molar-refractivity contribution is 5.16. The van der Waals surface area contributed by atoms with Crippen LogP contribution < -0.4 is 5.32 Å². The average Bonchev–Trinajstić information content (AvgIpc) is 3.22. The van der Waals surface area contributed by atoms with Crippen LogP contribution in [0.15, 0.2) is 24.3 Å². The quantitative estimate of drug-likeness (QED) is 0.741. The van der Waals surface area contributed by atoms with Gasteiger partial charge in [0.15, 0.2) is 0 Å². The third kappa shape index (κ3) is 5.70. The first-order valence-corrected chi connectivity index (χ1v) is 7.30. The lowest BCUT2D eigenvalue weighted by Crippen LogP contribution is -2.27. The minimum absolute atomic E-state index is 0.169. The van der Waals surface area contributed by atoms with E-state index in [0.717, 1.165) is 38.6 Å². The minimum Gasteiger partial charge on any atom is -0.381 e. The zero-order valence-electron chi connectivity index (χ0n) is 11.7. The molecule has 1 unspecified atom stereocenters. The largest absolute Gasteiger partial charge is 0.381 e. The van der Waals surface area contributed by atoms with E-state index >= 15 is 0 Å². The van der Waals surface area contributed by atoms with Gasteiger partial charge in [-0.05, 0) is 55.3 Å². The van der Waals surface area contributed by atoms with E-state index in [0.29, 0.717) is 5.92 Å². The smallest absolute Gasteiger partial charge is 0.123 e. The normalized spacial score (nSPS) is 16.5. The Hall–Kier alpha value is -0.930. The van der Waals surface area contributed by atoms with Crippen LogP contribution in [0.5, 0.6) is 0 Å². The molecule has 1 aromatic carbocycles. The molecule has 1 aliphatic rings. The van der Waals surface area contributed by atoms with Crippen molar-refractivity contribution in [1.82, 2.24) is 5.32 Å². The number of nitrogens with one attached hydrogen (secondary N) is 1.